The lowest BCUT2D eigenvalue weighted by molar-refractivity contribution is 0.0240. The molecular weight excluding hydrogens is 546 g/mol. The van der Waals surface area contributed by atoms with Gasteiger partial charge in [-0.15, -0.1) is 0 Å². The molecule has 2 aromatic heterocycles. The van der Waals surface area contributed by atoms with Crippen LogP contribution in [0.1, 0.15) is 57.0 Å². The Morgan fingerprint density at radius 3 is 2.20 bits per heavy atom. The maximum atomic E-state index is 13.4. The van der Waals surface area contributed by atoms with Gasteiger partial charge in [-0.25, -0.2) is 14.6 Å². The standard InChI is InChI=1S/C29H37N5O6S/c1-18-25(33-11-13-34(14-12-33)27(37)40-29(5,6)7)41-24(30-18)23(35)31-22-16-19(20-10-15-38-17-20)8-9-21(22)32-26(36)39-28(2,3)4/h8-10,15-17H,11-14H2,1-7H3,(H,31,35)(H,32,36). The van der Waals surface area contributed by atoms with Gasteiger partial charge in [0, 0.05) is 31.7 Å². The van der Waals surface area contributed by atoms with Gasteiger partial charge in [0.25, 0.3) is 5.91 Å². The van der Waals surface area contributed by atoms with Crippen LogP contribution >= 0.6 is 11.3 Å². The van der Waals surface area contributed by atoms with Crippen LogP contribution in [0.2, 0.25) is 0 Å². The number of amides is 3. The summed E-state index contributed by atoms with van der Waals surface area (Å²) in [4.78, 5) is 46.7. The fourth-order valence-electron chi connectivity index (χ4n) is 4.15. The molecule has 1 aliphatic rings. The topological polar surface area (TPSA) is 126 Å². The molecule has 11 nitrogen and oxygen atoms in total. The number of furan rings is 1. The predicted octanol–water partition coefficient (Wildman–Crippen LogP) is 6.37. The van der Waals surface area contributed by atoms with Crippen LogP contribution in [0.25, 0.3) is 11.1 Å². The van der Waals surface area contributed by atoms with Crippen LogP contribution in [0.15, 0.2) is 41.2 Å². The van der Waals surface area contributed by atoms with Crippen LogP contribution in [0.4, 0.5) is 26.0 Å². The zero-order valence-electron chi connectivity index (χ0n) is 24.5. The average Bonchev–Trinajstić information content (AvgIpc) is 3.53. The molecule has 0 radical (unpaired) electrons. The van der Waals surface area contributed by atoms with Gasteiger partial charge in [0.2, 0.25) is 0 Å². The summed E-state index contributed by atoms with van der Waals surface area (Å²) in [6.45, 7) is 14.9. The number of carbonyl (C=O) groups excluding carboxylic acids is 3. The fraction of sp³-hybridized carbons (Fsp3) is 0.448. The Labute approximate surface area is 243 Å². The van der Waals surface area contributed by atoms with Gasteiger partial charge in [-0.3, -0.25) is 10.1 Å². The number of carbonyl (C=O) groups is 3. The van der Waals surface area contributed by atoms with E-state index in [0.29, 0.717) is 37.6 Å². The van der Waals surface area contributed by atoms with Gasteiger partial charge in [0.15, 0.2) is 5.01 Å². The highest BCUT2D eigenvalue weighted by molar-refractivity contribution is 7.17. The number of thiazole rings is 1. The molecular formula is C29H37N5O6S. The number of aromatic nitrogens is 1. The van der Waals surface area contributed by atoms with Crippen molar-refractivity contribution in [1.82, 2.24) is 9.88 Å². The van der Waals surface area contributed by atoms with Crippen LogP contribution in [-0.2, 0) is 9.47 Å². The summed E-state index contributed by atoms with van der Waals surface area (Å²) >= 11 is 1.28. The summed E-state index contributed by atoms with van der Waals surface area (Å²) in [5.74, 6) is -0.409. The molecule has 0 atom stereocenters. The van der Waals surface area contributed by atoms with Crippen molar-refractivity contribution in [1.29, 1.82) is 0 Å². The lowest BCUT2D eigenvalue weighted by Crippen LogP contribution is -2.50. The lowest BCUT2D eigenvalue weighted by atomic mass is 10.1. The third-order valence-corrected chi connectivity index (χ3v) is 7.16. The van der Waals surface area contributed by atoms with Crippen LogP contribution in [0.5, 0.6) is 0 Å². The number of benzene rings is 1. The van der Waals surface area contributed by atoms with Gasteiger partial charge < -0.3 is 29.0 Å². The highest BCUT2D eigenvalue weighted by atomic mass is 32.1. The molecule has 0 saturated carbocycles. The molecule has 1 aliphatic heterocycles. The summed E-state index contributed by atoms with van der Waals surface area (Å²) in [6, 6.07) is 7.08. The van der Waals surface area contributed by atoms with Gasteiger partial charge in [-0.05, 0) is 72.2 Å². The quantitative estimate of drug-likeness (QED) is 0.355. The summed E-state index contributed by atoms with van der Waals surface area (Å²) in [5, 5.41) is 6.78. The van der Waals surface area contributed by atoms with E-state index in [1.807, 2.05) is 33.8 Å². The first-order chi connectivity index (χ1) is 19.2. The lowest BCUT2D eigenvalue weighted by Gasteiger charge is -2.36. The van der Waals surface area contributed by atoms with Crippen molar-refractivity contribution < 1.29 is 28.3 Å². The fourth-order valence-corrected chi connectivity index (χ4v) is 5.17. The molecule has 1 saturated heterocycles. The predicted molar refractivity (Wildman–Crippen MR) is 159 cm³/mol. The van der Waals surface area contributed by atoms with Crippen molar-refractivity contribution in [3.8, 4) is 11.1 Å². The van der Waals surface area contributed by atoms with E-state index in [0.717, 1.165) is 21.8 Å². The minimum absolute atomic E-state index is 0.281. The number of nitrogens with one attached hydrogen (secondary N) is 2. The zero-order valence-corrected chi connectivity index (χ0v) is 25.3. The van der Waals surface area contributed by atoms with Gasteiger partial charge in [-0.1, -0.05) is 17.4 Å². The number of aryl methyl sites for hydroxylation is 1. The monoisotopic (exact) mass is 583 g/mol. The molecule has 3 amide bonds. The maximum Gasteiger partial charge on any atom is 0.412 e. The van der Waals surface area contributed by atoms with Gasteiger partial charge in [-0.2, -0.15) is 0 Å². The van der Waals surface area contributed by atoms with E-state index in [1.54, 1.807) is 56.4 Å². The van der Waals surface area contributed by atoms with Crippen molar-refractivity contribution in [3.05, 3.63) is 47.5 Å². The van der Waals surface area contributed by atoms with Crippen LogP contribution in [0, 0.1) is 6.92 Å². The molecule has 220 valence electrons. The summed E-state index contributed by atoms with van der Waals surface area (Å²) in [5.41, 5.74) is 1.88. The van der Waals surface area contributed by atoms with Crippen molar-refractivity contribution >= 4 is 45.8 Å². The molecule has 12 heteroatoms. The highest BCUT2D eigenvalue weighted by Gasteiger charge is 2.28. The van der Waals surface area contributed by atoms with Crippen molar-refractivity contribution in [2.45, 2.75) is 59.7 Å². The number of hydrogen-bond acceptors (Lipinski definition) is 9. The van der Waals surface area contributed by atoms with Crippen LogP contribution in [0.3, 0.4) is 0 Å². The Kier molecular flexibility index (Phi) is 8.62. The van der Waals surface area contributed by atoms with Gasteiger partial charge >= 0.3 is 12.2 Å². The van der Waals surface area contributed by atoms with E-state index in [4.69, 9.17) is 13.9 Å². The average molecular weight is 584 g/mol. The largest absolute Gasteiger partial charge is 0.472 e. The van der Waals surface area contributed by atoms with E-state index >= 15 is 0 Å². The Morgan fingerprint density at radius 1 is 0.902 bits per heavy atom. The van der Waals surface area contributed by atoms with E-state index in [-0.39, 0.29) is 11.1 Å². The normalized spacial score (nSPS) is 14.0. The molecule has 3 aromatic rings. The SMILES string of the molecule is Cc1nc(C(=O)Nc2cc(-c3ccoc3)ccc2NC(=O)OC(C)(C)C)sc1N1CCN(C(=O)OC(C)(C)C)CC1. The van der Waals surface area contributed by atoms with E-state index < -0.39 is 23.2 Å². The second-order valence-electron chi connectivity index (χ2n) is 11.7. The Bertz CT molecular complexity index is 1400. The minimum atomic E-state index is -0.683. The first-order valence-electron chi connectivity index (χ1n) is 13.4. The smallest absolute Gasteiger partial charge is 0.412 e. The number of hydrogen-bond donors (Lipinski definition) is 2. The summed E-state index contributed by atoms with van der Waals surface area (Å²) in [6.07, 6.45) is 2.20. The van der Waals surface area contributed by atoms with Crippen molar-refractivity contribution in [2.75, 3.05) is 41.7 Å². The van der Waals surface area contributed by atoms with Crippen LogP contribution < -0.4 is 15.5 Å². The number of ether oxygens (including phenoxy) is 2. The van der Waals surface area contributed by atoms with Gasteiger partial charge in [0.05, 0.1) is 29.6 Å². The molecule has 1 fully saturated rings. The first-order valence-corrected chi connectivity index (χ1v) is 14.2. The third-order valence-electron chi connectivity index (χ3n) is 5.94. The second-order valence-corrected chi connectivity index (χ2v) is 12.7. The molecule has 0 spiro atoms. The summed E-state index contributed by atoms with van der Waals surface area (Å²) < 4.78 is 16.1. The van der Waals surface area contributed by atoms with Crippen LogP contribution in [-0.4, -0.2) is 65.4 Å². The van der Waals surface area contributed by atoms with Crippen molar-refractivity contribution in [3.63, 3.8) is 0 Å². The molecule has 3 heterocycles. The van der Waals surface area contributed by atoms with E-state index in [2.05, 4.69) is 20.5 Å². The number of piperazine rings is 1. The Hall–Kier alpha value is -4.06. The van der Waals surface area contributed by atoms with E-state index in [1.165, 1.54) is 11.3 Å². The number of anilines is 3. The molecule has 0 unspecified atom stereocenters. The molecule has 1 aromatic carbocycles. The third kappa shape index (κ3) is 8.00. The minimum Gasteiger partial charge on any atom is -0.472 e. The maximum absolute atomic E-state index is 13.4. The second kappa shape index (κ2) is 11.8. The summed E-state index contributed by atoms with van der Waals surface area (Å²) in [7, 11) is 0. The highest BCUT2D eigenvalue weighted by Crippen LogP contribution is 2.33. The molecule has 0 bridgehead atoms. The molecule has 4 rings (SSSR count). The van der Waals surface area contributed by atoms with Gasteiger partial charge in [0.1, 0.15) is 16.2 Å². The Balaban J connectivity index is 1.49. The Morgan fingerprint density at radius 2 is 1.59 bits per heavy atom. The molecule has 41 heavy (non-hydrogen) atoms. The van der Waals surface area contributed by atoms with Crippen molar-refractivity contribution in [2.24, 2.45) is 0 Å². The first kappa shape index (κ1) is 29.9. The molecule has 2 N–H and O–H groups in total. The molecule has 0 aliphatic carbocycles. The number of nitrogens with zero attached hydrogens (tertiary/aromatic N) is 3. The zero-order chi connectivity index (χ0) is 29.9. The van der Waals surface area contributed by atoms with E-state index in [9.17, 15) is 14.4 Å². The number of rotatable bonds is 5.